The zero-order valence-corrected chi connectivity index (χ0v) is 12.9. The summed E-state index contributed by atoms with van der Waals surface area (Å²) in [7, 11) is 0. The van der Waals surface area contributed by atoms with Gasteiger partial charge in [0, 0.05) is 5.92 Å². The molecule has 110 valence electrons. The maximum atomic E-state index is 5.09. The molecule has 3 nitrogen and oxygen atoms in total. The van der Waals surface area contributed by atoms with E-state index in [-0.39, 0.29) is 0 Å². The van der Waals surface area contributed by atoms with E-state index in [4.69, 9.17) is 9.98 Å². The van der Waals surface area contributed by atoms with Crippen molar-refractivity contribution in [1.29, 1.82) is 0 Å². The highest BCUT2D eigenvalue weighted by atomic mass is 14.9. The number of hydrogen-bond donors (Lipinski definition) is 0. The SMILES string of the molecule is C=NC1CCC1C(=NC1CCC1C)C(C)=NC1CCC1. The van der Waals surface area contributed by atoms with E-state index in [1.807, 2.05) is 0 Å². The van der Waals surface area contributed by atoms with Gasteiger partial charge in [-0.25, -0.2) is 0 Å². The number of nitrogens with zero attached hydrogens (tertiary/aromatic N) is 3. The Hall–Kier alpha value is -0.990. The molecule has 3 aliphatic carbocycles. The van der Waals surface area contributed by atoms with Crippen molar-refractivity contribution in [3.63, 3.8) is 0 Å². The molecular formula is C17H27N3. The molecule has 0 bridgehead atoms. The van der Waals surface area contributed by atoms with Crippen molar-refractivity contribution < 1.29 is 0 Å². The second-order valence-electron chi connectivity index (χ2n) is 6.87. The summed E-state index contributed by atoms with van der Waals surface area (Å²) >= 11 is 0. The molecule has 0 spiro atoms. The van der Waals surface area contributed by atoms with Crippen molar-refractivity contribution in [2.75, 3.05) is 0 Å². The summed E-state index contributed by atoms with van der Waals surface area (Å²) in [5.41, 5.74) is 2.45. The fourth-order valence-electron chi connectivity index (χ4n) is 3.35. The first-order chi connectivity index (χ1) is 9.69. The van der Waals surface area contributed by atoms with E-state index >= 15 is 0 Å². The molecule has 3 saturated carbocycles. The molecule has 4 atom stereocenters. The van der Waals surface area contributed by atoms with Crippen LogP contribution in [0.4, 0.5) is 0 Å². The molecule has 0 amide bonds. The lowest BCUT2D eigenvalue weighted by molar-refractivity contribution is 0.279. The fourth-order valence-corrected chi connectivity index (χ4v) is 3.35. The van der Waals surface area contributed by atoms with E-state index < -0.39 is 0 Å². The van der Waals surface area contributed by atoms with E-state index in [1.54, 1.807) is 0 Å². The molecule has 0 radical (unpaired) electrons. The first-order valence-corrected chi connectivity index (χ1v) is 8.27. The topological polar surface area (TPSA) is 37.1 Å². The molecule has 0 aromatic heterocycles. The molecule has 4 unspecified atom stereocenters. The third-order valence-corrected chi connectivity index (χ3v) is 5.52. The molecule has 0 N–H and O–H groups in total. The summed E-state index contributed by atoms with van der Waals surface area (Å²) in [6.07, 6.45) is 8.82. The number of rotatable bonds is 5. The van der Waals surface area contributed by atoms with Gasteiger partial charge < -0.3 is 0 Å². The largest absolute Gasteiger partial charge is 0.297 e. The third kappa shape index (κ3) is 2.59. The Labute approximate surface area is 122 Å². The average molecular weight is 273 g/mol. The Kier molecular flexibility index (Phi) is 4.04. The Bertz CT molecular complexity index is 434. The lowest BCUT2D eigenvalue weighted by Crippen LogP contribution is -2.42. The number of aliphatic imine (C=N–C) groups is 3. The quantitative estimate of drug-likeness (QED) is 0.685. The Morgan fingerprint density at radius 2 is 1.70 bits per heavy atom. The Morgan fingerprint density at radius 3 is 2.10 bits per heavy atom. The molecule has 0 aromatic rings. The minimum absolute atomic E-state index is 0.385. The van der Waals surface area contributed by atoms with Crippen LogP contribution in [0.15, 0.2) is 15.0 Å². The maximum Gasteiger partial charge on any atom is 0.0611 e. The van der Waals surface area contributed by atoms with Crippen LogP contribution in [0, 0.1) is 11.8 Å². The van der Waals surface area contributed by atoms with Crippen LogP contribution in [0.3, 0.4) is 0 Å². The van der Waals surface area contributed by atoms with Gasteiger partial charge in [0.2, 0.25) is 0 Å². The highest BCUT2D eigenvalue weighted by Crippen LogP contribution is 2.36. The zero-order chi connectivity index (χ0) is 14.1. The zero-order valence-electron chi connectivity index (χ0n) is 12.9. The van der Waals surface area contributed by atoms with E-state index in [1.165, 1.54) is 56.4 Å². The average Bonchev–Trinajstić information content (AvgIpc) is 2.35. The first kappa shape index (κ1) is 14.0. The smallest absolute Gasteiger partial charge is 0.0611 e. The summed E-state index contributed by atoms with van der Waals surface area (Å²) < 4.78 is 0. The molecule has 3 heteroatoms. The van der Waals surface area contributed by atoms with Gasteiger partial charge in [0.15, 0.2) is 0 Å². The molecule has 0 aromatic carbocycles. The lowest BCUT2D eigenvalue weighted by Gasteiger charge is -2.38. The minimum Gasteiger partial charge on any atom is -0.297 e. The van der Waals surface area contributed by atoms with Crippen LogP contribution in [0.5, 0.6) is 0 Å². The van der Waals surface area contributed by atoms with Crippen LogP contribution in [0.1, 0.15) is 58.8 Å². The number of hydrogen-bond acceptors (Lipinski definition) is 3. The Morgan fingerprint density at radius 1 is 0.950 bits per heavy atom. The van der Waals surface area contributed by atoms with Gasteiger partial charge in [-0.1, -0.05) is 6.92 Å². The van der Waals surface area contributed by atoms with Gasteiger partial charge in [-0.2, -0.15) is 0 Å². The summed E-state index contributed by atoms with van der Waals surface area (Å²) in [5.74, 6) is 1.24. The van der Waals surface area contributed by atoms with Crippen LogP contribution in [-0.4, -0.2) is 36.3 Å². The van der Waals surface area contributed by atoms with Crippen LogP contribution >= 0.6 is 0 Å². The molecule has 0 saturated heterocycles. The molecule has 0 heterocycles. The van der Waals surface area contributed by atoms with Crippen molar-refractivity contribution in [1.82, 2.24) is 0 Å². The standard InChI is InChI=1S/C17H27N3/c1-11-7-9-15(11)20-17(14-8-10-16(14)18-3)12(2)19-13-5-4-6-13/h11,13-16H,3-10H2,1-2H3. The second kappa shape index (κ2) is 5.79. The monoisotopic (exact) mass is 273 g/mol. The molecule has 3 aliphatic rings. The molecule has 3 fully saturated rings. The molecule has 20 heavy (non-hydrogen) atoms. The minimum atomic E-state index is 0.385. The van der Waals surface area contributed by atoms with Crippen molar-refractivity contribution in [3.05, 3.63) is 0 Å². The summed E-state index contributed by atoms with van der Waals surface area (Å²) in [5, 5.41) is 0. The van der Waals surface area contributed by atoms with Crippen LogP contribution < -0.4 is 0 Å². The van der Waals surface area contributed by atoms with Crippen molar-refractivity contribution >= 4 is 18.1 Å². The highest BCUT2D eigenvalue weighted by molar-refractivity contribution is 6.42. The predicted octanol–water partition coefficient (Wildman–Crippen LogP) is 3.72. The van der Waals surface area contributed by atoms with E-state index in [0.717, 1.165) is 5.92 Å². The Balaban J connectivity index is 1.78. The first-order valence-electron chi connectivity index (χ1n) is 8.27. The van der Waals surface area contributed by atoms with Gasteiger partial charge in [0.25, 0.3) is 0 Å². The van der Waals surface area contributed by atoms with Gasteiger partial charge >= 0.3 is 0 Å². The van der Waals surface area contributed by atoms with E-state index in [9.17, 15) is 0 Å². The highest BCUT2D eigenvalue weighted by Gasteiger charge is 2.37. The van der Waals surface area contributed by atoms with Gasteiger partial charge in [0.05, 0.1) is 29.5 Å². The molecular weight excluding hydrogens is 246 g/mol. The van der Waals surface area contributed by atoms with Crippen molar-refractivity contribution in [3.8, 4) is 0 Å². The lowest BCUT2D eigenvalue weighted by atomic mass is 9.74. The van der Waals surface area contributed by atoms with Crippen LogP contribution in [-0.2, 0) is 0 Å². The van der Waals surface area contributed by atoms with E-state index in [2.05, 4.69) is 25.6 Å². The maximum absolute atomic E-state index is 5.09. The van der Waals surface area contributed by atoms with Crippen molar-refractivity contribution in [2.24, 2.45) is 26.8 Å². The van der Waals surface area contributed by atoms with Gasteiger partial charge in [-0.3, -0.25) is 15.0 Å². The molecule has 3 rings (SSSR count). The van der Waals surface area contributed by atoms with Gasteiger partial charge in [-0.05, 0) is 64.5 Å². The van der Waals surface area contributed by atoms with Crippen LogP contribution in [0.2, 0.25) is 0 Å². The predicted molar refractivity (Wildman–Crippen MR) is 86.4 cm³/mol. The van der Waals surface area contributed by atoms with E-state index in [0.29, 0.717) is 24.0 Å². The third-order valence-electron chi connectivity index (χ3n) is 5.52. The second-order valence-corrected chi connectivity index (χ2v) is 6.87. The summed E-state index contributed by atoms with van der Waals surface area (Å²) in [6, 6.07) is 1.48. The fraction of sp³-hybridized carbons (Fsp3) is 0.824. The van der Waals surface area contributed by atoms with Gasteiger partial charge in [0.1, 0.15) is 0 Å². The summed E-state index contributed by atoms with van der Waals surface area (Å²) in [4.78, 5) is 14.3. The summed E-state index contributed by atoms with van der Waals surface area (Å²) in [6.45, 7) is 8.23. The molecule has 0 aliphatic heterocycles. The van der Waals surface area contributed by atoms with Gasteiger partial charge in [-0.15, -0.1) is 0 Å². The van der Waals surface area contributed by atoms with Crippen LogP contribution in [0.25, 0.3) is 0 Å². The van der Waals surface area contributed by atoms with Crippen molar-refractivity contribution in [2.45, 2.75) is 76.9 Å². The normalized spacial score (nSPS) is 38.7.